The summed E-state index contributed by atoms with van der Waals surface area (Å²) in [5, 5.41) is 13.3. The van der Waals surface area contributed by atoms with Crippen LogP contribution in [0.25, 0.3) is 0 Å². The number of sulfonamides is 1. The Balaban J connectivity index is 1.54. The first-order valence-electron chi connectivity index (χ1n) is 11.2. The molecule has 37 heavy (non-hydrogen) atoms. The van der Waals surface area contributed by atoms with Crippen LogP contribution in [0, 0.1) is 13.8 Å². The number of para-hydroxylation sites is 1. The highest BCUT2D eigenvalue weighted by molar-refractivity contribution is 7.92. The van der Waals surface area contributed by atoms with Gasteiger partial charge in [-0.1, -0.05) is 18.2 Å². The van der Waals surface area contributed by atoms with Gasteiger partial charge >= 0.3 is 5.97 Å². The molecule has 1 N–H and O–H groups in total. The van der Waals surface area contributed by atoms with Crippen LogP contribution in [0.5, 0.6) is 0 Å². The molecule has 1 aliphatic heterocycles. The van der Waals surface area contributed by atoms with Crippen LogP contribution in [0.4, 0.5) is 17.2 Å². The van der Waals surface area contributed by atoms with Crippen molar-refractivity contribution in [1.29, 1.82) is 0 Å². The van der Waals surface area contributed by atoms with E-state index in [0.717, 1.165) is 5.01 Å². The summed E-state index contributed by atoms with van der Waals surface area (Å²) >= 11 is 0. The van der Waals surface area contributed by atoms with E-state index < -0.39 is 27.9 Å². The molecule has 1 aromatic heterocycles. The lowest BCUT2D eigenvalue weighted by atomic mass is 10.2. The normalized spacial score (nSPS) is 15.6. The van der Waals surface area contributed by atoms with E-state index >= 15 is 0 Å². The average molecular weight is 522 g/mol. The number of nitrogens with one attached hydrogen (secondary N) is 1. The molecule has 3 aromatic rings. The van der Waals surface area contributed by atoms with Crippen molar-refractivity contribution in [1.82, 2.24) is 9.97 Å². The monoisotopic (exact) mass is 521 g/mol. The van der Waals surface area contributed by atoms with Crippen LogP contribution in [0.1, 0.15) is 18.4 Å². The lowest BCUT2D eigenvalue weighted by molar-refractivity contribution is -0.135. The van der Waals surface area contributed by atoms with Gasteiger partial charge in [-0.05, 0) is 57.2 Å². The number of hydrogen-bond acceptors (Lipinski definition) is 10. The summed E-state index contributed by atoms with van der Waals surface area (Å²) in [7, 11) is -3.92. The van der Waals surface area contributed by atoms with Crippen molar-refractivity contribution in [2.75, 3.05) is 16.3 Å². The summed E-state index contributed by atoms with van der Waals surface area (Å²) in [5.41, 5.74) is 1.15. The van der Waals surface area contributed by atoms with E-state index in [4.69, 9.17) is 4.74 Å². The number of aromatic nitrogens is 2. The molecule has 1 atom stereocenters. The Morgan fingerprint density at radius 3 is 2.43 bits per heavy atom. The molecule has 0 fully saturated rings. The number of azo groups is 1. The fourth-order valence-electron chi connectivity index (χ4n) is 3.44. The van der Waals surface area contributed by atoms with Crippen molar-refractivity contribution in [2.24, 2.45) is 15.3 Å². The van der Waals surface area contributed by atoms with E-state index in [1.807, 2.05) is 0 Å². The molecule has 0 unspecified atom stereocenters. The SMILES string of the molecule is CCOC(=O)C1=NN(c2ccccc2)C(=O)[C@H]1N=Nc1ccc(S(=O)(=O)Nc2cc(C)nc(C)n2)cc1. The standard InChI is InChI=1S/C24H23N7O5S/c1-4-36-24(33)22-21(23(32)31(29-22)18-8-6-5-7-9-18)28-27-17-10-12-19(13-11-17)37(34,35)30-20-14-15(2)25-16(3)26-20/h5-14,21H,4H2,1-3H3,(H,25,26,30)/t21-/m0/s1. The minimum Gasteiger partial charge on any atom is -0.461 e. The largest absolute Gasteiger partial charge is 0.461 e. The third-order valence-corrected chi connectivity index (χ3v) is 6.41. The lowest BCUT2D eigenvalue weighted by Crippen LogP contribution is -2.33. The Morgan fingerprint density at radius 1 is 1.08 bits per heavy atom. The summed E-state index contributed by atoms with van der Waals surface area (Å²) in [4.78, 5) is 33.6. The van der Waals surface area contributed by atoms with Crippen LogP contribution in [-0.2, 0) is 24.3 Å². The highest BCUT2D eigenvalue weighted by Gasteiger charge is 2.41. The van der Waals surface area contributed by atoms with Gasteiger partial charge in [-0.2, -0.15) is 20.3 Å². The molecule has 12 nitrogen and oxygen atoms in total. The Bertz CT molecular complexity index is 1470. The molecule has 2 heterocycles. The first kappa shape index (κ1) is 25.6. The van der Waals surface area contributed by atoms with Crippen LogP contribution < -0.4 is 9.73 Å². The number of hydrogen-bond donors (Lipinski definition) is 1. The number of aryl methyl sites for hydroxylation is 2. The summed E-state index contributed by atoms with van der Waals surface area (Å²) in [6.45, 7) is 5.13. The molecular formula is C24H23N7O5S. The van der Waals surface area contributed by atoms with Gasteiger partial charge in [-0.25, -0.2) is 23.2 Å². The molecule has 190 valence electrons. The van der Waals surface area contributed by atoms with Gasteiger partial charge in [0.25, 0.3) is 15.9 Å². The molecule has 0 saturated carbocycles. The van der Waals surface area contributed by atoms with Gasteiger partial charge in [-0.3, -0.25) is 9.52 Å². The van der Waals surface area contributed by atoms with Gasteiger partial charge in [0, 0.05) is 11.8 Å². The first-order chi connectivity index (χ1) is 17.7. The molecule has 13 heteroatoms. The van der Waals surface area contributed by atoms with Crippen LogP contribution in [-0.4, -0.2) is 48.6 Å². The third kappa shape index (κ3) is 5.83. The van der Waals surface area contributed by atoms with Crippen molar-refractivity contribution < 1.29 is 22.7 Å². The summed E-state index contributed by atoms with van der Waals surface area (Å²) < 4.78 is 32.9. The van der Waals surface area contributed by atoms with Crippen molar-refractivity contribution in [2.45, 2.75) is 31.7 Å². The summed E-state index contributed by atoms with van der Waals surface area (Å²) in [6, 6.07) is 14.3. The Labute approximate surface area is 213 Å². The Morgan fingerprint density at radius 2 is 1.78 bits per heavy atom. The summed E-state index contributed by atoms with van der Waals surface area (Å²) in [5.74, 6) is -0.758. The molecule has 0 aliphatic carbocycles. The van der Waals surface area contributed by atoms with Gasteiger partial charge < -0.3 is 4.74 Å². The Kier molecular flexibility index (Phi) is 7.34. The van der Waals surface area contributed by atoms with Gasteiger partial charge in [0.15, 0.2) is 5.71 Å². The minimum atomic E-state index is -3.92. The predicted octanol–water partition coefficient (Wildman–Crippen LogP) is 3.31. The second-order valence-corrected chi connectivity index (χ2v) is 9.53. The number of carbonyl (C=O) groups is 2. The van der Waals surface area contributed by atoms with E-state index in [1.165, 1.54) is 30.3 Å². The topological polar surface area (TPSA) is 156 Å². The third-order valence-electron chi connectivity index (χ3n) is 5.04. The summed E-state index contributed by atoms with van der Waals surface area (Å²) in [6.07, 6.45) is 0. The van der Waals surface area contributed by atoms with Crippen LogP contribution in [0.15, 0.2) is 80.9 Å². The second kappa shape index (κ2) is 10.6. The van der Waals surface area contributed by atoms with E-state index in [0.29, 0.717) is 17.2 Å². The van der Waals surface area contributed by atoms with E-state index in [2.05, 4.69) is 30.0 Å². The minimum absolute atomic E-state index is 0.0265. The van der Waals surface area contributed by atoms with Gasteiger partial charge in [0.05, 0.1) is 22.9 Å². The lowest BCUT2D eigenvalue weighted by Gasteiger charge is -2.11. The number of rotatable bonds is 8. The maximum atomic E-state index is 13.0. The molecular weight excluding hydrogens is 498 g/mol. The van der Waals surface area contributed by atoms with E-state index in [-0.39, 0.29) is 28.7 Å². The van der Waals surface area contributed by atoms with Crippen molar-refractivity contribution in [3.05, 3.63) is 72.2 Å². The van der Waals surface area contributed by atoms with Gasteiger partial charge in [0.2, 0.25) is 6.04 Å². The molecule has 0 spiro atoms. The zero-order valence-corrected chi connectivity index (χ0v) is 21.0. The highest BCUT2D eigenvalue weighted by atomic mass is 32.2. The van der Waals surface area contributed by atoms with E-state index in [1.54, 1.807) is 51.1 Å². The number of hydrazone groups is 1. The van der Waals surface area contributed by atoms with E-state index in [9.17, 15) is 18.0 Å². The average Bonchev–Trinajstić information content (AvgIpc) is 3.19. The van der Waals surface area contributed by atoms with Crippen LogP contribution in [0.2, 0.25) is 0 Å². The first-order valence-corrected chi connectivity index (χ1v) is 12.7. The molecule has 0 radical (unpaired) electrons. The fraction of sp³-hybridized carbons (Fsp3) is 0.208. The smallest absolute Gasteiger partial charge is 0.357 e. The highest BCUT2D eigenvalue weighted by Crippen LogP contribution is 2.25. The molecule has 0 bridgehead atoms. The van der Waals surface area contributed by atoms with Crippen molar-refractivity contribution >= 4 is 44.8 Å². The predicted molar refractivity (Wildman–Crippen MR) is 135 cm³/mol. The van der Waals surface area contributed by atoms with Crippen molar-refractivity contribution in [3.8, 4) is 0 Å². The molecule has 0 saturated heterocycles. The second-order valence-electron chi connectivity index (χ2n) is 7.85. The number of amides is 1. The zero-order chi connectivity index (χ0) is 26.6. The quantitative estimate of drug-likeness (QED) is 0.352. The molecule has 1 amide bonds. The molecule has 2 aromatic carbocycles. The number of anilines is 2. The van der Waals surface area contributed by atoms with Gasteiger partial charge in [-0.15, -0.1) is 0 Å². The van der Waals surface area contributed by atoms with Crippen LogP contribution >= 0.6 is 0 Å². The number of benzene rings is 2. The number of nitrogens with zero attached hydrogens (tertiary/aromatic N) is 6. The zero-order valence-electron chi connectivity index (χ0n) is 20.2. The number of ether oxygens (including phenoxy) is 1. The number of esters is 1. The van der Waals surface area contributed by atoms with Crippen molar-refractivity contribution in [3.63, 3.8) is 0 Å². The fourth-order valence-corrected chi connectivity index (χ4v) is 4.43. The maximum absolute atomic E-state index is 13.0. The van der Waals surface area contributed by atoms with Gasteiger partial charge in [0.1, 0.15) is 11.6 Å². The Hall–Kier alpha value is -4.52. The maximum Gasteiger partial charge on any atom is 0.357 e. The number of carbonyl (C=O) groups excluding carboxylic acids is 2. The molecule has 1 aliphatic rings. The molecule has 4 rings (SSSR count). The van der Waals surface area contributed by atoms with Crippen LogP contribution in [0.3, 0.4) is 0 Å².